The lowest BCUT2D eigenvalue weighted by Gasteiger charge is -2.18. The molecule has 1 nitrogen and oxygen atoms in total. The van der Waals surface area contributed by atoms with Crippen molar-refractivity contribution in [2.45, 2.75) is 32.0 Å². The molecule has 0 aliphatic rings. The Morgan fingerprint density at radius 1 is 1.39 bits per heavy atom. The standard InChI is InChI=1S/C14H18F3N/c1-10(2)7-8-13(18-3)11-5-4-6-12(9-11)14(15,16)17/h4-6,9,13,18H,1,7-8H2,2-3H3. The Morgan fingerprint density at radius 2 is 2.06 bits per heavy atom. The van der Waals surface area contributed by atoms with Crippen LogP contribution in [0.2, 0.25) is 0 Å². The first-order valence-electron chi connectivity index (χ1n) is 5.83. The molecule has 18 heavy (non-hydrogen) atoms. The fourth-order valence-electron chi connectivity index (χ4n) is 1.80. The first-order valence-corrected chi connectivity index (χ1v) is 5.83. The number of allylic oxidation sites excluding steroid dienone is 1. The maximum absolute atomic E-state index is 12.6. The zero-order valence-corrected chi connectivity index (χ0v) is 10.6. The molecule has 0 radical (unpaired) electrons. The molecule has 0 heterocycles. The van der Waals surface area contributed by atoms with Crippen molar-refractivity contribution in [2.75, 3.05) is 7.05 Å². The highest BCUT2D eigenvalue weighted by Crippen LogP contribution is 2.31. The molecule has 0 aromatic heterocycles. The zero-order valence-electron chi connectivity index (χ0n) is 10.6. The van der Waals surface area contributed by atoms with Crippen molar-refractivity contribution in [1.82, 2.24) is 5.32 Å². The van der Waals surface area contributed by atoms with Crippen molar-refractivity contribution < 1.29 is 13.2 Å². The maximum Gasteiger partial charge on any atom is 0.416 e. The Balaban J connectivity index is 2.89. The van der Waals surface area contributed by atoms with Gasteiger partial charge >= 0.3 is 6.18 Å². The van der Waals surface area contributed by atoms with Gasteiger partial charge in [-0.05, 0) is 44.5 Å². The average molecular weight is 257 g/mol. The van der Waals surface area contributed by atoms with Crippen molar-refractivity contribution in [3.05, 3.63) is 47.5 Å². The van der Waals surface area contributed by atoms with Crippen LogP contribution >= 0.6 is 0 Å². The van der Waals surface area contributed by atoms with E-state index in [-0.39, 0.29) is 6.04 Å². The molecule has 0 saturated heterocycles. The van der Waals surface area contributed by atoms with Crippen molar-refractivity contribution >= 4 is 0 Å². The smallest absolute Gasteiger partial charge is 0.313 e. The van der Waals surface area contributed by atoms with Crippen LogP contribution in [0, 0.1) is 0 Å². The summed E-state index contributed by atoms with van der Waals surface area (Å²) in [5, 5.41) is 3.04. The van der Waals surface area contributed by atoms with Gasteiger partial charge in [0.2, 0.25) is 0 Å². The number of alkyl halides is 3. The lowest BCUT2D eigenvalue weighted by molar-refractivity contribution is -0.137. The van der Waals surface area contributed by atoms with Gasteiger partial charge in [0.25, 0.3) is 0 Å². The third-order valence-corrected chi connectivity index (χ3v) is 2.82. The number of halogens is 3. The summed E-state index contributed by atoms with van der Waals surface area (Å²) in [6, 6.07) is 5.39. The van der Waals surface area contributed by atoms with Gasteiger partial charge in [-0.25, -0.2) is 0 Å². The molecule has 0 saturated carbocycles. The average Bonchev–Trinajstić information content (AvgIpc) is 2.29. The van der Waals surface area contributed by atoms with Gasteiger partial charge in [-0.3, -0.25) is 0 Å². The highest BCUT2D eigenvalue weighted by molar-refractivity contribution is 5.28. The molecule has 0 fully saturated rings. The van der Waals surface area contributed by atoms with E-state index in [2.05, 4.69) is 11.9 Å². The van der Waals surface area contributed by atoms with E-state index in [0.29, 0.717) is 5.56 Å². The maximum atomic E-state index is 12.6. The Labute approximate surface area is 106 Å². The predicted octanol–water partition coefficient (Wildman–Crippen LogP) is 4.32. The SMILES string of the molecule is C=C(C)CCC(NC)c1cccc(C(F)(F)F)c1. The van der Waals surface area contributed by atoms with Crippen molar-refractivity contribution in [3.63, 3.8) is 0 Å². The Hall–Kier alpha value is -1.29. The van der Waals surface area contributed by atoms with Crippen LogP contribution in [0.5, 0.6) is 0 Å². The van der Waals surface area contributed by atoms with E-state index >= 15 is 0 Å². The predicted molar refractivity (Wildman–Crippen MR) is 67.3 cm³/mol. The van der Waals surface area contributed by atoms with Gasteiger partial charge in [0.05, 0.1) is 5.56 Å². The third kappa shape index (κ3) is 4.18. The molecule has 1 aromatic rings. The van der Waals surface area contributed by atoms with E-state index in [1.54, 1.807) is 13.1 Å². The summed E-state index contributed by atoms with van der Waals surface area (Å²) >= 11 is 0. The van der Waals surface area contributed by atoms with E-state index in [0.717, 1.165) is 24.5 Å². The van der Waals surface area contributed by atoms with Crippen LogP contribution in [0.25, 0.3) is 0 Å². The summed E-state index contributed by atoms with van der Waals surface area (Å²) in [4.78, 5) is 0. The van der Waals surface area contributed by atoms with E-state index in [4.69, 9.17) is 0 Å². The Kier molecular flexibility index (Phi) is 4.96. The first kappa shape index (κ1) is 14.8. The Bertz CT molecular complexity index is 410. The molecular formula is C14H18F3N. The molecule has 100 valence electrons. The van der Waals surface area contributed by atoms with Crippen LogP contribution in [0.3, 0.4) is 0 Å². The number of hydrogen-bond acceptors (Lipinski definition) is 1. The summed E-state index contributed by atoms with van der Waals surface area (Å²) in [6.45, 7) is 5.72. The van der Waals surface area contributed by atoms with Gasteiger partial charge in [-0.1, -0.05) is 17.7 Å². The number of rotatable bonds is 5. The lowest BCUT2D eigenvalue weighted by atomic mass is 9.98. The van der Waals surface area contributed by atoms with Gasteiger partial charge in [-0.15, -0.1) is 6.58 Å². The van der Waals surface area contributed by atoms with E-state index in [9.17, 15) is 13.2 Å². The van der Waals surface area contributed by atoms with Gasteiger partial charge in [-0.2, -0.15) is 13.2 Å². The minimum absolute atomic E-state index is 0.0796. The van der Waals surface area contributed by atoms with E-state index in [1.807, 2.05) is 6.92 Å². The van der Waals surface area contributed by atoms with Crippen LogP contribution in [-0.4, -0.2) is 7.05 Å². The zero-order chi connectivity index (χ0) is 13.8. The number of hydrogen-bond donors (Lipinski definition) is 1. The first-order chi connectivity index (χ1) is 8.34. The molecule has 0 aliphatic carbocycles. The third-order valence-electron chi connectivity index (χ3n) is 2.82. The van der Waals surface area contributed by atoms with Crippen molar-refractivity contribution in [3.8, 4) is 0 Å². The summed E-state index contributed by atoms with van der Waals surface area (Å²) in [7, 11) is 1.75. The van der Waals surface area contributed by atoms with Gasteiger partial charge < -0.3 is 5.32 Å². The number of benzene rings is 1. The fraction of sp³-hybridized carbons (Fsp3) is 0.429. The number of nitrogens with one attached hydrogen (secondary N) is 1. The Morgan fingerprint density at radius 3 is 2.56 bits per heavy atom. The van der Waals surface area contributed by atoms with Gasteiger partial charge in [0, 0.05) is 6.04 Å². The van der Waals surface area contributed by atoms with Gasteiger partial charge in [0.1, 0.15) is 0 Å². The normalized spacial score (nSPS) is 13.4. The molecule has 1 unspecified atom stereocenters. The summed E-state index contributed by atoms with van der Waals surface area (Å²) in [5.74, 6) is 0. The molecule has 0 aliphatic heterocycles. The largest absolute Gasteiger partial charge is 0.416 e. The second-order valence-electron chi connectivity index (χ2n) is 4.46. The van der Waals surface area contributed by atoms with Crippen LogP contribution in [0.15, 0.2) is 36.4 Å². The lowest BCUT2D eigenvalue weighted by Crippen LogP contribution is -2.17. The summed E-state index contributed by atoms with van der Waals surface area (Å²) < 4.78 is 37.8. The van der Waals surface area contributed by atoms with E-state index in [1.165, 1.54) is 12.1 Å². The molecular weight excluding hydrogens is 239 g/mol. The molecule has 0 bridgehead atoms. The summed E-state index contributed by atoms with van der Waals surface area (Å²) in [5.41, 5.74) is 1.09. The molecule has 1 aromatic carbocycles. The highest BCUT2D eigenvalue weighted by Gasteiger charge is 2.30. The van der Waals surface area contributed by atoms with Crippen molar-refractivity contribution in [1.29, 1.82) is 0 Å². The molecule has 0 amide bonds. The topological polar surface area (TPSA) is 12.0 Å². The molecule has 0 spiro atoms. The fourth-order valence-corrected chi connectivity index (χ4v) is 1.80. The highest BCUT2D eigenvalue weighted by atomic mass is 19.4. The van der Waals surface area contributed by atoms with E-state index < -0.39 is 11.7 Å². The van der Waals surface area contributed by atoms with Crippen molar-refractivity contribution in [2.24, 2.45) is 0 Å². The van der Waals surface area contributed by atoms with Crippen LogP contribution in [-0.2, 0) is 6.18 Å². The van der Waals surface area contributed by atoms with Crippen LogP contribution in [0.4, 0.5) is 13.2 Å². The second-order valence-corrected chi connectivity index (χ2v) is 4.46. The summed E-state index contributed by atoms with van der Waals surface area (Å²) in [6.07, 6.45) is -2.75. The molecule has 4 heteroatoms. The second kappa shape index (κ2) is 6.05. The minimum atomic E-state index is -4.29. The molecule has 1 N–H and O–H groups in total. The van der Waals surface area contributed by atoms with Gasteiger partial charge in [0.15, 0.2) is 0 Å². The monoisotopic (exact) mass is 257 g/mol. The quantitative estimate of drug-likeness (QED) is 0.774. The van der Waals surface area contributed by atoms with Crippen LogP contribution in [0.1, 0.15) is 36.9 Å². The molecule has 1 atom stereocenters. The van der Waals surface area contributed by atoms with Crippen LogP contribution < -0.4 is 5.32 Å². The minimum Gasteiger partial charge on any atom is -0.313 e. The molecule has 1 rings (SSSR count).